The molecule has 0 radical (unpaired) electrons. The Morgan fingerprint density at radius 3 is 2.89 bits per heavy atom. The third kappa shape index (κ3) is 2.81. The van der Waals surface area contributed by atoms with E-state index in [1.165, 1.54) is 35.9 Å². The van der Waals surface area contributed by atoms with Gasteiger partial charge in [0, 0.05) is 18.5 Å². The van der Waals surface area contributed by atoms with E-state index in [-0.39, 0.29) is 0 Å². The summed E-state index contributed by atoms with van der Waals surface area (Å²) in [6, 6.07) is 9.33. The molecular formula is C16H23N3. The standard InChI is InChI=1S/C16H23N3/c1-3-12(11-17-13-8-9-13)10-15-14-6-4-5-7-16(14)19(2)18-15/h4-7,12-13,17H,3,8-11H2,1-2H3. The molecule has 2 aromatic rings. The predicted octanol–water partition coefficient (Wildman–Crippen LogP) is 2.89. The molecule has 3 rings (SSSR count). The van der Waals surface area contributed by atoms with Gasteiger partial charge in [-0.3, -0.25) is 4.68 Å². The van der Waals surface area contributed by atoms with Crippen LogP contribution in [-0.4, -0.2) is 22.4 Å². The van der Waals surface area contributed by atoms with Crippen LogP contribution in [0.25, 0.3) is 10.9 Å². The highest BCUT2D eigenvalue weighted by molar-refractivity contribution is 5.81. The topological polar surface area (TPSA) is 29.9 Å². The minimum absolute atomic E-state index is 0.693. The Balaban J connectivity index is 1.75. The summed E-state index contributed by atoms with van der Waals surface area (Å²) in [4.78, 5) is 0. The molecule has 0 bridgehead atoms. The Hall–Kier alpha value is -1.35. The second-order valence-electron chi connectivity index (χ2n) is 5.75. The number of aromatic nitrogens is 2. The summed E-state index contributed by atoms with van der Waals surface area (Å²) in [5.74, 6) is 0.693. The summed E-state index contributed by atoms with van der Waals surface area (Å²) in [7, 11) is 2.04. The first-order valence-electron chi connectivity index (χ1n) is 7.42. The van der Waals surface area contributed by atoms with E-state index in [9.17, 15) is 0 Å². The number of aryl methyl sites for hydroxylation is 1. The summed E-state index contributed by atoms with van der Waals surface area (Å²) < 4.78 is 2.01. The van der Waals surface area contributed by atoms with E-state index in [0.717, 1.165) is 19.0 Å². The fourth-order valence-corrected chi connectivity index (χ4v) is 2.69. The Kier molecular flexibility index (Phi) is 3.56. The van der Waals surface area contributed by atoms with E-state index in [4.69, 9.17) is 5.10 Å². The lowest BCUT2D eigenvalue weighted by atomic mass is 9.98. The van der Waals surface area contributed by atoms with Crippen molar-refractivity contribution in [2.45, 2.75) is 38.6 Å². The van der Waals surface area contributed by atoms with Crippen molar-refractivity contribution in [2.24, 2.45) is 13.0 Å². The highest BCUT2D eigenvalue weighted by Gasteiger charge is 2.22. The Morgan fingerprint density at radius 1 is 1.37 bits per heavy atom. The fourth-order valence-electron chi connectivity index (χ4n) is 2.69. The van der Waals surface area contributed by atoms with Gasteiger partial charge in [0.05, 0.1) is 11.2 Å². The molecule has 0 saturated heterocycles. The molecule has 1 atom stereocenters. The van der Waals surface area contributed by atoms with Crippen molar-refractivity contribution in [3.05, 3.63) is 30.0 Å². The number of nitrogens with zero attached hydrogens (tertiary/aromatic N) is 2. The predicted molar refractivity (Wildman–Crippen MR) is 79.2 cm³/mol. The van der Waals surface area contributed by atoms with Crippen LogP contribution in [0.5, 0.6) is 0 Å². The lowest BCUT2D eigenvalue weighted by molar-refractivity contribution is 0.454. The molecule has 3 heteroatoms. The molecule has 1 N–H and O–H groups in total. The van der Waals surface area contributed by atoms with Gasteiger partial charge in [-0.2, -0.15) is 5.10 Å². The molecule has 0 amide bonds. The zero-order valence-electron chi connectivity index (χ0n) is 11.9. The zero-order chi connectivity index (χ0) is 13.2. The summed E-state index contributed by atoms with van der Waals surface area (Å²) in [5.41, 5.74) is 2.49. The van der Waals surface area contributed by atoms with Crippen molar-refractivity contribution < 1.29 is 0 Å². The summed E-state index contributed by atoms with van der Waals surface area (Å²) in [5, 5.41) is 9.67. The van der Waals surface area contributed by atoms with Crippen LogP contribution in [-0.2, 0) is 13.5 Å². The van der Waals surface area contributed by atoms with Gasteiger partial charge in [0.1, 0.15) is 0 Å². The van der Waals surface area contributed by atoms with E-state index in [2.05, 4.69) is 36.5 Å². The monoisotopic (exact) mass is 257 g/mol. The Bertz CT molecular complexity index is 554. The quantitative estimate of drug-likeness (QED) is 0.862. The largest absolute Gasteiger partial charge is 0.314 e. The maximum Gasteiger partial charge on any atom is 0.0706 e. The number of nitrogens with one attached hydrogen (secondary N) is 1. The molecule has 3 nitrogen and oxygen atoms in total. The second-order valence-corrected chi connectivity index (χ2v) is 5.75. The first kappa shape index (κ1) is 12.7. The van der Waals surface area contributed by atoms with E-state index in [1.54, 1.807) is 0 Å². The Morgan fingerprint density at radius 2 is 2.16 bits per heavy atom. The molecule has 1 heterocycles. The summed E-state index contributed by atoms with van der Waals surface area (Å²) >= 11 is 0. The number of rotatable bonds is 6. The molecule has 0 aliphatic heterocycles. The van der Waals surface area contributed by atoms with E-state index in [0.29, 0.717) is 5.92 Å². The highest BCUT2D eigenvalue weighted by atomic mass is 15.3. The van der Waals surface area contributed by atoms with Crippen molar-refractivity contribution in [2.75, 3.05) is 6.54 Å². The van der Waals surface area contributed by atoms with Crippen molar-refractivity contribution in [3.63, 3.8) is 0 Å². The second kappa shape index (κ2) is 5.33. The average Bonchev–Trinajstić information content (AvgIpc) is 3.21. The minimum Gasteiger partial charge on any atom is -0.314 e. The van der Waals surface area contributed by atoms with Crippen LogP contribution in [0.3, 0.4) is 0 Å². The van der Waals surface area contributed by atoms with Crippen molar-refractivity contribution >= 4 is 10.9 Å². The maximum absolute atomic E-state index is 4.71. The lowest BCUT2D eigenvalue weighted by Gasteiger charge is -2.14. The molecular weight excluding hydrogens is 234 g/mol. The summed E-state index contributed by atoms with van der Waals surface area (Å²) in [6.45, 7) is 3.41. The SMILES string of the molecule is CCC(CNC1CC1)Cc1nn(C)c2ccccc12. The van der Waals surface area contributed by atoms with Gasteiger partial charge < -0.3 is 5.32 Å². The highest BCUT2D eigenvalue weighted by Crippen LogP contribution is 2.23. The molecule has 1 aliphatic carbocycles. The molecule has 19 heavy (non-hydrogen) atoms. The molecule has 1 saturated carbocycles. The van der Waals surface area contributed by atoms with Gasteiger partial charge in [0.2, 0.25) is 0 Å². The number of fused-ring (bicyclic) bond motifs is 1. The van der Waals surface area contributed by atoms with Gasteiger partial charge in [-0.15, -0.1) is 0 Å². The first-order chi connectivity index (χ1) is 9.28. The number of hydrogen-bond donors (Lipinski definition) is 1. The molecule has 1 aromatic carbocycles. The Labute approximate surface area is 115 Å². The van der Waals surface area contributed by atoms with Gasteiger partial charge in [0.15, 0.2) is 0 Å². The molecule has 0 spiro atoms. The maximum atomic E-state index is 4.71. The van der Waals surface area contributed by atoms with Crippen LogP contribution in [0.4, 0.5) is 0 Å². The van der Waals surface area contributed by atoms with Gasteiger partial charge in [-0.1, -0.05) is 31.5 Å². The van der Waals surface area contributed by atoms with E-state index < -0.39 is 0 Å². The van der Waals surface area contributed by atoms with Crippen molar-refractivity contribution in [1.82, 2.24) is 15.1 Å². The molecule has 102 valence electrons. The van der Waals surface area contributed by atoms with Crippen LogP contribution < -0.4 is 5.32 Å². The first-order valence-corrected chi connectivity index (χ1v) is 7.42. The van der Waals surface area contributed by atoms with E-state index >= 15 is 0 Å². The minimum atomic E-state index is 0.693. The third-order valence-corrected chi connectivity index (χ3v) is 4.17. The van der Waals surface area contributed by atoms with Gasteiger partial charge in [-0.25, -0.2) is 0 Å². The van der Waals surface area contributed by atoms with Crippen molar-refractivity contribution in [3.8, 4) is 0 Å². The zero-order valence-corrected chi connectivity index (χ0v) is 11.9. The fraction of sp³-hybridized carbons (Fsp3) is 0.562. The van der Waals surface area contributed by atoms with Crippen LogP contribution in [0.1, 0.15) is 31.9 Å². The number of para-hydroxylation sites is 1. The average molecular weight is 257 g/mol. The van der Waals surface area contributed by atoms with Crippen molar-refractivity contribution in [1.29, 1.82) is 0 Å². The van der Waals surface area contributed by atoms with Gasteiger partial charge in [-0.05, 0) is 37.8 Å². The number of benzene rings is 1. The molecule has 1 aromatic heterocycles. The summed E-state index contributed by atoms with van der Waals surface area (Å²) in [6.07, 6.45) is 5.02. The van der Waals surface area contributed by atoms with Crippen LogP contribution in [0.15, 0.2) is 24.3 Å². The molecule has 1 unspecified atom stereocenters. The third-order valence-electron chi connectivity index (χ3n) is 4.17. The van der Waals surface area contributed by atoms with E-state index in [1.807, 2.05) is 11.7 Å². The molecule has 1 fully saturated rings. The van der Waals surface area contributed by atoms with Gasteiger partial charge >= 0.3 is 0 Å². The van der Waals surface area contributed by atoms with Crippen LogP contribution in [0, 0.1) is 5.92 Å². The van der Waals surface area contributed by atoms with Crippen LogP contribution >= 0.6 is 0 Å². The van der Waals surface area contributed by atoms with Gasteiger partial charge in [0.25, 0.3) is 0 Å². The molecule has 1 aliphatic rings. The lowest BCUT2D eigenvalue weighted by Crippen LogP contribution is -2.25. The van der Waals surface area contributed by atoms with Crippen LogP contribution in [0.2, 0.25) is 0 Å². The normalized spacial score (nSPS) is 16.9. The smallest absolute Gasteiger partial charge is 0.0706 e. The number of hydrogen-bond acceptors (Lipinski definition) is 2.